The van der Waals surface area contributed by atoms with Crippen LogP contribution in [0.2, 0.25) is 0 Å². The van der Waals surface area contributed by atoms with Crippen molar-refractivity contribution in [2.75, 3.05) is 26.2 Å². The van der Waals surface area contributed by atoms with Crippen molar-refractivity contribution in [3.05, 3.63) is 29.8 Å². The van der Waals surface area contributed by atoms with Crippen LogP contribution < -0.4 is 0 Å². The Bertz CT molecular complexity index is 665. The second kappa shape index (κ2) is 5.88. The van der Waals surface area contributed by atoms with E-state index in [9.17, 15) is 26.4 Å². The van der Waals surface area contributed by atoms with Crippen molar-refractivity contribution >= 4 is 15.9 Å². The molecule has 5 nitrogen and oxygen atoms in total. The Hall–Kier alpha value is -1.61. The molecule has 0 spiro atoms. The van der Waals surface area contributed by atoms with Crippen LogP contribution >= 0.6 is 0 Å². The molecule has 1 aromatic rings. The van der Waals surface area contributed by atoms with E-state index in [0.717, 1.165) is 22.5 Å². The summed E-state index contributed by atoms with van der Waals surface area (Å²) in [6.07, 6.45) is -4.75. The zero-order valence-corrected chi connectivity index (χ0v) is 12.6. The SMILES string of the molecule is CC(=O)N1CCN(S(=O)(=O)c2ccccc2C(F)(F)F)CC1. The maximum absolute atomic E-state index is 13.0. The zero-order valence-electron chi connectivity index (χ0n) is 11.8. The Morgan fingerprint density at radius 1 is 1.09 bits per heavy atom. The van der Waals surface area contributed by atoms with Crippen molar-refractivity contribution in [2.24, 2.45) is 0 Å². The van der Waals surface area contributed by atoms with E-state index in [1.165, 1.54) is 17.9 Å². The third-order valence-corrected chi connectivity index (χ3v) is 5.45. The summed E-state index contributed by atoms with van der Waals surface area (Å²) in [5.74, 6) is -0.187. The Kier molecular flexibility index (Phi) is 4.48. The van der Waals surface area contributed by atoms with E-state index in [0.29, 0.717) is 0 Å². The molecule has 0 N–H and O–H groups in total. The fourth-order valence-electron chi connectivity index (χ4n) is 2.31. The van der Waals surface area contributed by atoms with Crippen LogP contribution in [0.25, 0.3) is 0 Å². The van der Waals surface area contributed by atoms with Gasteiger partial charge < -0.3 is 4.90 Å². The predicted octanol–water partition coefficient (Wildman–Crippen LogP) is 1.56. The van der Waals surface area contributed by atoms with Crippen LogP contribution in [-0.4, -0.2) is 49.7 Å². The summed E-state index contributed by atoms with van der Waals surface area (Å²) >= 11 is 0. The van der Waals surface area contributed by atoms with Crippen LogP contribution in [0, 0.1) is 0 Å². The topological polar surface area (TPSA) is 57.7 Å². The number of alkyl halides is 3. The Morgan fingerprint density at radius 3 is 2.14 bits per heavy atom. The van der Waals surface area contributed by atoms with E-state index in [4.69, 9.17) is 0 Å². The van der Waals surface area contributed by atoms with E-state index in [1.54, 1.807) is 0 Å². The summed E-state index contributed by atoms with van der Waals surface area (Å²) in [6.45, 7) is 1.66. The van der Waals surface area contributed by atoms with E-state index < -0.39 is 26.7 Å². The van der Waals surface area contributed by atoms with Gasteiger partial charge in [0.05, 0.1) is 10.5 Å². The fourth-order valence-corrected chi connectivity index (χ4v) is 3.94. The molecular formula is C13H15F3N2O3S. The number of hydrogen-bond acceptors (Lipinski definition) is 3. The van der Waals surface area contributed by atoms with Crippen LogP contribution in [0.3, 0.4) is 0 Å². The van der Waals surface area contributed by atoms with Crippen LogP contribution in [0.5, 0.6) is 0 Å². The minimum absolute atomic E-state index is 0.0197. The number of hydrogen-bond donors (Lipinski definition) is 0. The Labute approximate surface area is 126 Å². The maximum Gasteiger partial charge on any atom is 0.417 e. The highest BCUT2D eigenvalue weighted by molar-refractivity contribution is 7.89. The van der Waals surface area contributed by atoms with Crippen molar-refractivity contribution in [1.82, 2.24) is 9.21 Å². The van der Waals surface area contributed by atoms with Gasteiger partial charge in [0.2, 0.25) is 15.9 Å². The quantitative estimate of drug-likeness (QED) is 0.823. The Balaban J connectivity index is 2.31. The minimum atomic E-state index is -4.75. The van der Waals surface area contributed by atoms with Gasteiger partial charge in [-0.1, -0.05) is 12.1 Å². The summed E-state index contributed by atoms with van der Waals surface area (Å²) in [4.78, 5) is 11.9. The summed E-state index contributed by atoms with van der Waals surface area (Å²) in [6, 6.07) is 4.11. The molecule has 1 saturated heterocycles. The van der Waals surface area contributed by atoms with Crippen molar-refractivity contribution < 1.29 is 26.4 Å². The zero-order chi connectivity index (χ0) is 16.5. The first kappa shape index (κ1) is 16.8. The lowest BCUT2D eigenvalue weighted by Crippen LogP contribution is -2.50. The van der Waals surface area contributed by atoms with E-state index >= 15 is 0 Å². The first-order valence-corrected chi connectivity index (χ1v) is 8.00. The average Bonchev–Trinajstić information content (AvgIpc) is 2.46. The van der Waals surface area contributed by atoms with Crippen LogP contribution in [-0.2, 0) is 21.0 Å². The molecule has 22 heavy (non-hydrogen) atoms. The number of halogens is 3. The molecular weight excluding hydrogens is 321 g/mol. The van der Waals surface area contributed by atoms with Gasteiger partial charge in [0.15, 0.2) is 0 Å². The molecule has 122 valence electrons. The molecule has 0 radical (unpaired) electrons. The largest absolute Gasteiger partial charge is 0.417 e. The van der Waals surface area contributed by atoms with Gasteiger partial charge in [0.1, 0.15) is 0 Å². The third kappa shape index (κ3) is 3.25. The minimum Gasteiger partial charge on any atom is -0.340 e. The molecule has 1 heterocycles. The van der Waals surface area contributed by atoms with Gasteiger partial charge in [-0.25, -0.2) is 8.42 Å². The normalized spacial score (nSPS) is 17.5. The second-order valence-corrected chi connectivity index (χ2v) is 6.81. The van der Waals surface area contributed by atoms with Crippen molar-refractivity contribution in [2.45, 2.75) is 18.0 Å². The van der Waals surface area contributed by atoms with Gasteiger partial charge in [-0.05, 0) is 12.1 Å². The fraction of sp³-hybridized carbons (Fsp3) is 0.462. The molecule has 0 saturated carbocycles. The van der Waals surface area contributed by atoms with Crippen molar-refractivity contribution in [3.63, 3.8) is 0 Å². The molecule has 9 heteroatoms. The number of rotatable bonds is 2. The highest BCUT2D eigenvalue weighted by atomic mass is 32.2. The summed E-state index contributed by atoms with van der Waals surface area (Å²) in [7, 11) is -4.25. The lowest BCUT2D eigenvalue weighted by molar-refractivity contribution is -0.139. The molecule has 0 atom stereocenters. The Morgan fingerprint density at radius 2 is 1.64 bits per heavy atom. The number of sulfonamides is 1. The first-order chi connectivity index (χ1) is 10.1. The lowest BCUT2D eigenvalue weighted by atomic mass is 10.2. The van der Waals surface area contributed by atoms with E-state index in [2.05, 4.69) is 0 Å². The molecule has 0 aliphatic carbocycles. The molecule has 1 aromatic carbocycles. The maximum atomic E-state index is 13.0. The van der Waals surface area contributed by atoms with E-state index in [1.807, 2.05) is 0 Å². The summed E-state index contributed by atoms with van der Waals surface area (Å²) < 4.78 is 64.8. The average molecular weight is 336 g/mol. The molecule has 1 aliphatic heterocycles. The van der Waals surface area contributed by atoms with E-state index in [-0.39, 0.29) is 32.1 Å². The number of piperazine rings is 1. The summed E-state index contributed by atoms with van der Waals surface area (Å²) in [5, 5.41) is 0. The van der Waals surface area contributed by atoms with Crippen molar-refractivity contribution in [3.8, 4) is 0 Å². The van der Waals surface area contributed by atoms with Gasteiger partial charge in [0.25, 0.3) is 0 Å². The second-order valence-electron chi connectivity index (χ2n) is 4.90. The molecule has 1 amide bonds. The van der Waals surface area contributed by atoms with Gasteiger partial charge in [-0.2, -0.15) is 17.5 Å². The van der Waals surface area contributed by atoms with Crippen molar-refractivity contribution in [1.29, 1.82) is 0 Å². The smallest absolute Gasteiger partial charge is 0.340 e. The highest BCUT2D eigenvalue weighted by Gasteiger charge is 2.39. The standard InChI is InChI=1S/C13H15F3N2O3S/c1-10(19)17-6-8-18(9-7-17)22(20,21)12-5-3-2-4-11(12)13(14,15)16/h2-5H,6-9H2,1H3. The highest BCUT2D eigenvalue weighted by Crippen LogP contribution is 2.35. The number of carbonyl (C=O) groups is 1. The molecule has 1 aliphatic rings. The van der Waals surface area contributed by atoms with Crippen LogP contribution in [0.15, 0.2) is 29.2 Å². The van der Waals surface area contributed by atoms with Gasteiger partial charge in [-0.3, -0.25) is 4.79 Å². The molecule has 2 rings (SSSR count). The molecule has 0 bridgehead atoms. The lowest BCUT2D eigenvalue weighted by Gasteiger charge is -2.33. The number of benzene rings is 1. The monoisotopic (exact) mass is 336 g/mol. The molecule has 1 fully saturated rings. The molecule has 0 unspecified atom stereocenters. The van der Waals surface area contributed by atoms with Gasteiger partial charge in [0, 0.05) is 33.1 Å². The number of amides is 1. The first-order valence-electron chi connectivity index (χ1n) is 6.56. The third-order valence-electron chi connectivity index (χ3n) is 3.49. The van der Waals surface area contributed by atoms with Crippen LogP contribution in [0.4, 0.5) is 13.2 Å². The number of nitrogens with zero attached hydrogens (tertiary/aromatic N) is 2. The predicted molar refractivity (Wildman–Crippen MR) is 72.5 cm³/mol. The van der Waals surface area contributed by atoms with Gasteiger partial charge in [-0.15, -0.1) is 0 Å². The summed E-state index contributed by atoms with van der Waals surface area (Å²) in [5.41, 5.74) is -1.18. The number of carbonyl (C=O) groups excluding carboxylic acids is 1. The molecule has 0 aromatic heterocycles. The van der Waals surface area contributed by atoms with Crippen LogP contribution in [0.1, 0.15) is 12.5 Å². The van der Waals surface area contributed by atoms with Gasteiger partial charge >= 0.3 is 6.18 Å².